The maximum absolute atomic E-state index is 4.34. The molecule has 1 aliphatic rings. The number of aromatic nitrogens is 2. The molecule has 0 bridgehead atoms. The molecule has 0 saturated heterocycles. The molecule has 1 aromatic rings. The first-order chi connectivity index (χ1) is 7.85. The quantitative estimate of drug-likeness (QED) is 0.832. The van der Waals surface area contributed by atoms with E-state index >= 15 is 0 Å². The lowest BCUT2D eigenvalue weighted by atomic mass is 10.1. The highest BCUT2D eigenvalue weighted by molar-refractivity contribution is 5.41. The minimum atomic E-state index is 0.932. The summed E-state index contributed by atoms with van der Waals surface area (Å²) >= 11 is 0. The minimum absolute atomic E-state index is 0.932. The molecule has 88 valence electrons. The summed E-state index contributed by atoms with van der Waals surface area (Å²) in [6.07, 6.45) is 2.15. The smallest absolute Gasteiger partial charge is 0.151 e. The Morgan fingerprint density at radius 1 is 1.38 bits per heavy atom. The van der Waals surface area contributed by atoms with Crippen molar-refractivity contribution in [1.82, 2.24) is 15.5 Å². The summed E-state index contributed by atoms with van der Waals surface area (Å²) in [5, 5.41) is 12.0. The standard InChI is InChI=1S/C12H20N4/c1-3-7-16(4-2)12-8-10-9-13-6-5-11(10)14-15-12/h8,13H,3-7,9H2,1-2H3. The van der Waals surface area contributed by atoms with Crippen LogP contribution in [0.4, 0.5) is 5.82 Å². The van der Waals surface area contributed by atoms with Gasteiger partial charge in [-0.1, -0.05) is 6.92 Å². The van der Waals surface area contributed by atoms with Crippen molar-refractivity contribution in [3.63, 3.8) is 0 Å². The second-order valence-corrected chi connectivity index (χ2v) is 4.18. The molecule has 0 radical (unpaired) electrons. The molecule has 0 atom stereocenters. The van der Waals surface area contributed by atoms with Crippen LogP contribution < -0.4 is 10.2 Å². The van der Waals surface area contributed by atoms with E-state index in [1.807, 2.05) is 0 Å². The highest BCUT2D eigenvalue weighted by Gasteiger charge is 2.13. The number of nitrogens with zero attached hydrogens (tertiary/aromatic N) is 3. The minimum Gasteiger partial charge on any atom is -0.355 e. The summed E-state index contributed by atoms with van der Waals surface area (Å²) < 4.78 is 0. The third-order valence-corrected chi connectivity index (χ3v) is 3.00. The predicted octanol–water partition coefficient (Wildman–Crippen LogP) is 1.36. The molecule has 0 fully saturated rings. The zero-order chi connectivity index (χ0) is 11.4. The maximum atomic E-state index is 4.34. The first-order valence-electron chi connectivity index (χ1n) is 6.16. The lowest BCUT2D eigenvalue weighted by molar-refractivity contribution is 0.617. The van der Waals surface area contributed by atoms with E-state index in [0.717, 1.165) is 50.5 Å². The van der Waals surface area contributed by atoms with Crippen molar-refractivity contribution in [3.8, 4) is 0 Å². The molecule has 0 unspecified atom stereocenters. The van der Waals surface area contributed by atoms with E-state index in [1.165, 1.54) is 5.56 Å². The molecule has 0 spiro atoms. The van der Waals surface area contributed by atoms with Gasteiger partial charge in [0.05, 0.1) is 5.69 Å². The molecule has 0 aromatic carbocycles. The second kappa shape index (κ2) is 5.25. The zero-order valence-electron chi connectivity index (χ0n) is 10.2. The van der Waals surface area contributed by atoms with Gasteiger partial charge in [-0.05, 0) is 25.0 Å². The zero-order valence-corrected chi connectivity index (χ0v) is 10.2. The fraction of sp³-hybridized carbons (Fsp3) is 0.667. The molecule has 1 aromatic heterocycles. The van der Waals surface area contributed by atoms with E-state index in [1.54, 1.807) is 0 Å². The number of anilines is 1. The van der Waals surface area contributed by atoms with Crippen molar-refractivity contribution in [2.75, 3.05) is 24.5 Å². The van der Waals surface area contributed by atoms with Crippen molar-refractivity contribution in [2.24, 2.45) is 0 Å². The Morgan fingerprint density at radius 3 is 3.00 bits per heavy atom. The summed E-state index contributed by atoms with van der Waals surface area (Å²) in [6.45, 7) is 8.35. The van der Waals surface area contributed by atoms with Gasteiger partial charge in [-0.3, -0.25) is 0 Å². The molecule has 16 heavy (non-hydrogen) atoms. The van der Waals surface area contributed by atoms with Gasteiger partial charge in [-0.2, -0.15) is 5.10 Å². The number of rotatable bonds is 4. The van der Waals surface area contributed by atoms with Crippen molar-refractivity contribution < 1.29 is 0 Å². The van der Waals surface area contributed by atoms with E-state index in [-0.39, 0.29) is 0 Å². The van der Waals surface area contributed by atoms with Crippen LogP contribution in [0, 0.1) is 0 Å². The Balaban J connectivity index is 2.21. The monoisotopic (exact) mass is 220 g/mol. The summed E-state index contributed by atoms with van der Waals surface area (Å²) in [6, 6.07) is 2.19. The highest BCUT2D eigenvalue weighted by Crippen LogP contribution is 2.17. The Morgan fingerprint density at radius 2 is 2.25 bits per heavy atom. The topological polar surface area (TPSA) is 41.1 Å². The van der Waals surface area contributed by atoms with E-state index in [2.05, 4.69) is 40.3 Å². The predicted molar refractivity (Wildman–Crippen MR) is 65.6 cm³/mol. The molecule has 4 heteroatoms. The SMILES string of the molecule is CCCN(CC)c1cc2c(nn1)CCNC2. The van der Waals surface area contributed by atoms with Crippen molar-refractivity contribution >= 4 is 5.82 Å². The van der Waals surface area contributed by atoms with Gasteiger partial charge in [-0.25, -0.2) is 0 Å². The molecule has 0 saturated carbocycles. The van der Waals surface area contributed by atoms with Crippen LogP contribution >= 0.6 is 0 Å². The summed E-state index contributed by atoms with van der Waals surface area (Å²) in [7, 11) is 0. The Kier molecular flexibility index (Phi) is 3.72. The Labute approximate surface area is 97.1 Å². The number of hydrogen-bond donors (Lipinski definition) is 1. The molecule has 2 heterocycles. The van der Waals surface area contributed by atoms with Crippen LogP contribution in [0.1, 0.15) is 31.5 Å². The first-order valence-corrected chi connectivity index (χ1v) is 6.16. The van der Waals surface area contributed by atoms with Crippen molar-refractivity contribution in [2.45, 2.75) is 33.2 Å². The van der Waals surface area contributed by atoms with Crippen LogP contribution in [0.5, 0.6) is 0 Å². The fourth-order valence-electron chi connectivity index (χ4n) is 2.10. The van der Waals surface area contributed by atoms with Crippen LogP contribution in [-0.4, -0.2) is 29.8 Å². The van der Waals surface area contributed by atoms with Crippen molar-refractivity contribution in [3.05, 3.63) is 17.3 Å². The Bertz CT molecular complexity index is 351. The van der Waals surface area contributed by atoms with Gasteiger partial charge in [0.15, 0.2) is 5.82 Å². The third kappa shape index (κ3) is 2.32. The van der Waals surface area contributed by atoms with E-state index in [4.69, 9.17) is 0 Å². The summed E-state index contributed by atoms with van der Waals surface area (Å²) in [5.74, 6) is 1.02. The van der Waals surface area contributed by atoms with Gasteiger partial charge in [-0.15, -0.1) is 5.10 Å². The lowest BCUT2D eigenvalue weighted by Gasteiger charge is -2.23. The molecule has 2 rings (SSSR count). The number of fused-ring (bicyclic) bond motifs is 1. The lowest BCUT2D eigenvalue weighted by Crippen LogP contribution is -2.28. The molecule has 1 N–H and O–H groups in total. The maximum Gasteiger partial charge on any atom is 0.151 e. The molecular formula is C12H20N4. The van der Waals surface area contributed by atoms with Crippen LogP contribution in [0.25, 0.3) is 0 Å². The normalized spacial score (nSPS) is 14.6. The van der Waals surface area contributed by atoms with Gasteiger partial charge >= 0.3 is 0 Å². The van der Waals surface area contributed by atoms with E-state index in [9.17, 15) is 0 Å². The molecular weight excluding hydrogens is 200 g/mol. The molecule has 0 aliphatic carbocycles. The third-order valence-electron chi connectivity index (χ3n) is 3.00. The first kappa shape index (κ1) is 11.3. The average molecular weight is 220 g/mol. The molecule has 0 amide bonds. The van der Waals surface area contributed by atoms with Gasteiger partial charge in [0.2, 0.25) is 0 Å². The fourth-order valence-corrected chi connectivity index (χ4v) is 2.10. The summed E-state index contributed by atoms with van der Waals surface area (Å²) in [4.78, 5) is 2.28. The van der Waals surface area contributed by atoms with Gasteiger partial charge in [0, 0.05) is 32.6 Å². The van der Waals surface area contributed by atoms with Crippen LogP contribution in [-0.2, 0) is 13.0 Å². The van der Waals surface area contributed by atoms with E-state index in [0.29, 0.717) is 0 Å². The van der Waals surface area contributed by atoms with Gasteiger partial charge in [0.25, 0.3) is 0 Å². The van der Waals surface area contributed by atoms with Gasteiger partial charge in [0.1, 0.15) is 0 Å². The summed E-state index contributed by atoms with van der Waals surface area (Å²) in [5.41, 5.74) is 2.47. The molecule has 4 nitrogen and oxygen atoms in total. The Hall–Kier alpha value is -1.16. The molecule has 1 aliphatic heterocycles. The average Bonchev–Trinajstić information content (AvgIpc) is 2.35. The number of hydrogen-bond acceptors (Lipinski definition) is 4. The number of nitrogens with one attached hydrogen (secondary N) is 1. The van der Waals surface area contributed by atoms with Crippen LogP contribution in [0.3, 0.4) is 0 Å². The van der Waals surface area contributed by atoms with Crippen LogP contribution in [0.15, 0.2) is 6.07 Å². The second-order valence-electron chi connectivity index (χ2n) is 4.18. The van der Waals surface area contributed by atoms with Crippen LogP contribution in [0.2, 0.25) is 0 Å². The largest absolute Gasteiger partial charge is 0.355 e. The van der Waals surface area contributed by atoms with Gasteiger partial charge < -0.3 is 10.2 Å². The van der Waals surface area contributed by atoms with Crippen molar-refractivity contribution in [1.29, 1.82) is 0 Å². The highest BCUT2D eigenvalue weighted by atomic mass is 15.3. The van der Waals surface area contributed by atoms with E-state index < -0.39 is 0 Å².